The van der Waals surface area contributed by atoms with Gasteiger partial charge in [-0.05, 0) is 55.8 Å². The Balaban J connectivity index is 1.40. The number of aryl methyl sites for hydroxylation is 1. The Labute approximate surface area is 196 Å². The molecule has 9 heteroatoms. The fourth-order valence-electron chi connectivity index (χ4n) is 3.56. The molecule has 32 heavy (non-hydrogen) atoms. The Kier molecular flexibility index (Phi) is 6.67. The number of hydrogen-bond donors (Lipinski definition) is 1. The van der Waals surface area contributed by atoms with E-state index in [9.17, 15) is 4.79 Å². The summed E-state index contributed by atoms with van der Waals surface area (Å²) in [5.41, 5.74) is 1.75. The van der Waals surface area contributed by atoms with Crippen molar-refractivity contribution in [2.75, 3.05) is 29.9 Å². The average Bonchev–Trinajstić information content (AvgIpc) is 2.78. The van der Waals surface area contributed by atoms with Crippen molar-refractivity contribution in [2.45, 2.75) is 19.9 Å². The van der Waals surface area contributed by atoms with Crippen LogP contribution in [0.3, 0.4) is 0 Å². The van der Waals surface area contributed by atoms with Gasteiger partial charge in [0.2, 0.25) is 5.88 Å². The number of amides is 2. The number of urea groups is 1. The van der Waals surface area contributed by atoms with Crippen LogP contribution in [0.2, 0.25) is 10.0 Å². The molecule has 4 rings (SSSR count). The van der Waals surface area contributed by atoms with Gasteiger partial charge in [-0.2, -0.15) is 0 Å². The first kappa shape index (κ1) is 22.2. The number of nitrogens with zero attached hydrogens (tertiary/aromatic N) is 4. The van der Waals surface area contributed by atoms with Gasteiger partial charge in [0.1, 0.15) is 17.9 Å². The minimum absolute atomic E-state index is 0.0124. The van der Waals surface area contributed by atoms with Gasteiger partial charge >= 0.3 is 6.03 Å². The molecule has 2 aromatic carbocycles. The molecule has 1 N–H and O–H groups in total. The standard InChI is InChI=1S/C23H23Cl2N5O2/c1-15-3-8-19(25)20(11-15)32-22-12-21(26-14-27-22)29-9-10-30(16(2)13-29)23(31)28-18-6-4-17(24)5-7-18/h3-8,11-12,14,16H,9-10,13H2,1-2H3,(H,28,31). The maximum Gasteiger partial charge on any atom is 0.322 e. The molecule has 1 saturated heterocycles. The van der Waals surface area contributed by atoms with E-state index in [2.05, 4.69) is 20.2 Å². The third-order valence-corrected chi connectivity index (χ3v) is 5.80. The molecule has 1 aliphatic heterocycles. The molecule has 0 aliphatic carbocycles. The van der Waals surface area contributed by atoms with Crippen LogP contribution in [0.15, 0.2) is 54.9 Å². The van der Waals surface area contributed by atoms with Crippen LogP contribution < -0.4 is 15.0 Å². The molecule has 3 aromatic rings. The highest BCUT2D eigenvalue weighted by atomic mass is 35.5. The van der Waals surface area contributed by atoms with Crippen LogP contribution in [0.1, 0.15) is 12.5 Å². The molecule has 1 aromatic heterocycles. The monoisotopic (exact) mass is 471 g/mol. The molecule has 0 spiro atoms. The molecule has 1 aliphatic rings. The second-order valence-corrected chi connectivity index (χ2v) is 8.52. The van der Waals surface area contributed by atoms with E-state index >= 15 is 0 Å². The van der Waals surface area contributed by atoms with E-state index in [4.69, 9.17) is 27.9 Å². The minimum atomic E-state index is -0.139. The van der Waals surface area contributed by atoms with Crippen LogP contribution in [0.4, 0.5) is 16.3 Å². The topological polar surface area (TPSA) is 70.6 Å². The summed E-state index contributed by atoms with van der Waals surface area (Å²) in [5, 5.41) is 4.07. The number of rotatable bonds is 4. The van der Waals surface area contributed by atoms with Gasteiger partial charge in [0.25, 0.3) is 0 Å². The summed E-state index contributed by atoms with van der Waals surface area (Å²) in [6.07, 6.45) is 1.47. The Morgan fingerprint density at radius 2 is 1.88 bits per heavy atom. The first-order valence-electron chi connectivity index (χ1n) is 10.2. The smallest absolute Gasteiger partial charge is 0.322 e. The van der Waals surface area contributed by atoms with Crippen molar-refractivity contribution in [2.24, 2.45) is 0 Å². The van der Waals surface area contributed by atoms with Crippen molar-refractivity contribution in [3.63, 3.8) is 0 Å². The zero-order valence-electron chi connectivity index (χ0n) is 17.8. The van der Waals surface area contributed by atoms with E-state index in [-0.39, 0.29) is 12.1 Å². The van der Waals surface area contributed by atoms with Crippen molar-refractivity contribution in [3.8, 4) is 11.6 Å². The van der Waals surface area contributed by atoms with Gasteiger partial charge in [0, 0.05) is 42.5 Å². The third-order valence-electron chi connectivity index (χ3n) is 5.24. The molecule has 0 saturated carbocycles. The number of halogens is 2. The summed E-state index contributed by atoms with van der Waals surface area (Å²) >= 11 is 12.1. The summed E-state index contributed by atoms with van der Waals surface area (Å²) in [7, 11) is 0. The number of piperazine rings is 1. The number of benzene rings is 2. The van der Waals surface area contributed by atoms with Gasteiger partial charge in [-0.1, -0.05) is 29.3 Å². The van der Waals surface area contributed by atoms with Crippen LogP contribution in [0.25, 0.3) is 0 Å². The zero-order chi connectivity index (χ0) is 22.7. The molecule has 1 unspecified atom stereocenters. The molecule has 0 radical (unpaired) electrons. The molecule has 2 heterocycles. The molecule has 166 valence electrons. The minimum Gasteiger partial charge on any atom is -0.437 e. The summed E-state index contributed by atoms with van der Waals surface area (Å²) in [5.74, 6) is 1.70. The average molecular weight is 472 g/mol. The first-order chi connectivity index (χ1) is 15.4. The second kappa shape index (κ2) is 9.63. The Hall–Kier alpha value is -3.03. The van der Waals surface area contributed by atoms with Gasteiger partial charge in [-0.15, -0.1) is 0 Å². The number of hydrogen-bond acceptors (Lipinski definition) is 5. The number of nitrogens with one attached hydrogen (secondary N) is 1. The van der Waals surface area contributed by atoms with E-state index < -0.39 is 0 Å². The normalized spacial score (nSPS) is 16.1. The van der Waals surface area contributed by atoms with Crippen LogP contribution in [-0.2, 0) is 0 Å². The number of anilines is 2. The highest BCUT2D eigenvalue weighted by molar-refractivity contribution is 6.32. The maximum absolute atomic E-state index is 12.7. The Morgan fingerprint density at radius 1 is 1.09 bits per heavy atom. The van der Waals surface area contributed by atoms with E-state index in [0.29, 0.717) is 47.0 Å². The van der Waals surface area contributed by atoms with E-state index in [0.717, 1.165) is 11.4 Å². The molecule has 7 nitrogen and oxygen atoms in total. The van der Waals surface area contributed by atoms with E-state index in [1.807, 2.05) is 30.9 Å². The van der Waals surface area contributed by atoms with Crippen molar-refractivity contribution >= 4 is 40.7 Å². The number of ether oxygens (including phenoxy) is 1. The Bertz CT molecular complexity index is 1110. The highest BCUT2D eigenvalue weighted by Crippen LogP contribution is 2.30. The van der Waals surface area contributed by atoms with Gasteiger partial charge in [-0.3, -0.25) is 0 Å². The van der Waals surface area contributed by atoms with Crippen LogP contribution >= 0.6 is 23.2 Å². The van der Waals surface area contributed by atoms with Gasteiger partial charge in [0.05, 0.1) is 5.02 Å². The molecular weight excluding hydrogens is 449 g/mol. The first-order valence-corrected chi connectivity index (χ1v) is 11.0. The fraction of sp³-hybridized carbons (Fsp3) is 0.261. The van der Waals surface area contributed by atoms with Crippen LogP contribution in [0.5, 0.6) is 11.6 Å². The quantitative estimate of drug-likeness (QED) is 0.533. The summed E-state index contributed by atoms with van der Waals surface area (Å²) < 4.78 is 5.89. The SMILES string of the molecule is Cc1ccc(Cl)c(Oc2cc(N3CCN(C(=O)Nc4ccc(Cl)cc4)C(C)C3)ncn2)c1. The molecule has 0 bridgehead atoms. The van der Waals surface area contributed by atoms with Gasteiger partial charge < -0.3 is 19.9 Å². The lowest BCUT2D eigenvalue weighted by molar-refractivity contribution is 0.184. The van der Waals surface area contributed by atoms with Crippen molar-refractivity contribution in [1.82, 2.24) is 14.9 Å². The number of carbonyl (C=O) groups excluding carboxylic acids is 1. The van der Waals surface area contributed by atoms with Gasteiger partial charge in [0.15, 0.2) is 0 Å². The molecule has 2 amide bonds. The second-order valence-electron chi connectivity index (χ2n) is 7.68. The zero-order valence-corrected chi connectivity index (χ0v) is 19.3. The van der Waals surface area contributed by atoms with Crippen molar-refractivity contribution in [3.05, 3.63) is 70.5 Å². The predicted octanol–water partition coefficient (Wildman–Crippen LogP) is 5.63. The van der Waals surface area contributed by atoms with E-state index in [1.54, 1.807) is 36.4 Å². The largest absolute Gasteiger partial charge is 0.437 e. The molecule has 1 atom stereocenters. The summed E-state index contributed by atoms with van der Waals surface area (Å²) in [4.78, 5) is 25.3. The summed E-state index contributed by atoms with van der Waals surface area (Å²) in [6, 6.07) is 14.3. The maximum atomic E-state index is 12.7. The van der Waals surface area contributed by atoms with Crippen molar-refractivity contribution < 1.29 is 9.53 Å². The Morgan fingerprint density at radius 3 is 2.62 bits per heavy atom. The fourth-order valence-corrected chi connectivity index (χ4v) is 3.84. The predicted molar refractivity (Wildman–Crippen MR) is 127 cm³/mol. The van der Waals surface area contributed by atoms with Crippen LogP contribution in [0, 0.1) is 6.92 Å². The highest BCUT2D eigenvalue weighted by Gasteiger charge is 2.28. The van der Waals surface area contributed by atoms with E-state index in [1.165, 1.54) is 6.33 Å². The van der Waals surface area contributed by atoms with Crippen molar-refractivity contribution in [1.29, 1.82) is 0 Å². The molecular formula is C23H23Cl2N5O2. The lowest BCUT2D eigenvalue weighted by atomic mass is 10.2. The number of aromatic nitrogens is 2. The summed E-state index contributed by atoms with van der Waals surface area (Å²) in [6.45, 7) is 5.82. The third kappa shape index (κ3) is 5.23. The lowest BCUT2D eigenvalue weighted by Gasteiger charge is -2.40. The van der Waals surface area contributed by atoms with Crippen LogP contribution in [-0.4, -0.2) is 46.6 Å². The number of carbonyl (C=O) groups is 1. The lowest BCUT2D eigenvalue weighted by Crippen LogP contribution is -2.55. The van der Waals surface area contributed by atoms with Gasteiger partial charge in [-0.25, -0.2) is 14.8 Å². The molecule has 1 fully saturated rings.